The molecular weight excluding hydrogens is 579 g/mol. The van der Waals surface area contributed by atoms with Crippen LogP contribution in [0.4, 0.5) is 9.18 Å². The van der Waals surface area contributed by atoms with Gasteiger partial charge in [-0.1, -0.05) is 48.9 Å². The monoisotopic (exact) mass is 616 g/mol. The van der Waals surface area contributed by atoms with Gasteiger partial charge in [0.05, 0.1) is 10.9 Å². The van der Waals surface area contributed by atoms with Crippen molar-refractivity contribution in [3.05, 3.63) is 101 Å². The van der Waals surface area contributed by atoms with E-state index >= 15 is 0 Å². The Morgan fingerprint density at radius 1 is 0.933 bits per heavy atom. The van der Waals surface area contributed by atoms with Gasteiger partial charge < -0.3 is 24.5 Å². The summed E-state index contributed by atoms with van der Waals surface area (Å²) in [6.45, 7) is 5.80. The van der Waals surface area contributed by atoms with Gasteiger partial charge in [0.25, 0.3) is 0 Å². The fraction of sp³-hybridized carbons (Fsp3) is 0.314. The van der Waals surface area contributed by atoms with Crippen molar-refractivity contribution in [3.63, 3.8) is 0 Å². The number of nitrogens with one attached hydrogen (secondary N) is 2. The first-order chi connectivity index (χ1) is 21.5. The second-order valence-corrected chi connectivity index (χ2v) is 11.6. The lowest BCUT2D eigenvalue weighted by Gasteiger charge is -2.19. The number of rotatable bonds is 12. The normalized spacial score (nSPS) is 11.9. The summed E-state index contributed by atoms with van der Waals surface area (Å²) in [6.07, 6.45) is 3.16. The lowest BCUT2D eigenvalue weighted by Crippen LogP contribution is -2.44. The molecule has 0 fully saturated rings. The average Bonchev–Trinajstić information content (AvgIpc) is 2.99. The lowest BCUT2D eigenvalue weighted by atomic mass is 10.1. The standard InChI is InChI=1S/C35H37FN2O7/c1-35(2,3)45-34(42)37-19-9-5-8-12-31(39)38-29(20-23-10-6-4-7-11-23)33(41)44-26-17-18-27-30(21-26)43-22-28(32(27)40)24-13-15-25(36)16-14-24/h4,6-7,10-11,13-18,21-22,29H,5,8-9,12,19-20H2,1-3H3,(H,37,42)(H,38,39)/t29-/m0/s1. The highest BCUT2D eigenvalue weighted by atomic mass is 19.1. The van der Waals surface area contributed by atoms with Gasteiger partial charge in [0.2, 0.25) is 5.91 Å². The average molecular weight is 617 g/mol. The van der Waals surface area contributed by atoms with Gasteiger partial charge in [0.1, 0.15) is 35.1 Å². The predicted molar refractivity (Wildman–Crippen MR) is 168 cm³/mol. The molecule has 0 spiro atoms. The van der Waals surface area contributed by atoms with Crippen molar-refractivity contribution in [2.45, 2.75) is 64.5 Å². The third-order valence-electron chi connectivity index (χ3n) is 6.77. The Morgan fingerprint density at radius 3 is 2.38 bits per heavy atom. The summed E-state index contributed by atoms with van der Waals surface area (Å²) < 4.78 is 29.8. The van der Waals surface area contributed by atoms with Crippen molar-refractivity contribution in [1.82, 2.24) is 10.6 Å². The first-order valence-corrected chi connectivity index (χ1v) is 14.8. The van der Waals surface area contributed by atoms with Crippen LogP contribution in [0.2, 0.25) is 0 Å². The number of halogens is 1. The number of unbranched alkanes of at least 4 members (excludes halogenated alkanes) is 2. The largest absolute Gasteiger partial charge is 0.463 e. The number of fused-ring (bicyclic) bond motifs is 1. The van der Waals surface area contributed by atoms with Crippen molar-refractivity contribution in [2.75, 3.05) is 6.54 Å². The molecule has 0 saturated heterocycles. The molecular formula is C35H37FN2O7. The molecule has 0 aliphatic heterocycles. The van der Waals surface area contributed by atoms with Gasteiger partial charge in [0.15, 0.2) is 5.43 Å². The van der Waals surface area contributed by atoms with Crippen LogP contribution >= 0.6 is 0 Å². The van der Waals surface area contributed by atoms with Crippen LogP contribution in [0, 0.1) is 5.82 Å². The van der Waals surface area contributed by atoms with Crippen LogP contribution in [-0.2, 0) is 20.7 Å². The first kappa shape index (κ1) is 32.9. The number of amides is 2. The zero-order valence-corrected chi connectivity index (χ0v) is 25.6. The fourth-order valence-electron chi connectivity index (χ4n) is 4.59. The molecule has 0 radical (unpaired) electrons. The molecule has 2 N–H and O–H groups in total. The number of carbonyl (C=O) groups is 3. The third kappa shape index (κ3) is 10.0. The molecule has 4 aromatic rings. The van der Waals surface area contributed by atoms with E-state index in [9.17, 15) is 23.6 Å². The highest BCUT2D eigenvalue weighted by Crippen LogP contribution is 2.24. The van der Waals surface area contributed by atoms with E-state index in [1.807, 2.05) is 30.3 Å². The molecule has 1 atom stereocenters. The molecule has 45 heavy (non-hydrogen) atoms. The van der Waals surface area contributed by atoms with Crippen molar-refractivity contribution in [1.29, 1.82) is 0 Å². The van der Waals surface area contributed by atoms with E-state index in [2.05, 4.69) is 10.6 Å². The minimum absolute atomic E-state index is 0.148. The molecule has 4 rings (SSSR count). The molecule has 0 aliphatic carbocycles. The molecule has 0 bridgehead atoms. The Labute approximate surface area is 260 Å². The van der Waals surface area contributed by atoms with Crippen LogP contribution in [0.25, 0.3) is 22.1 Å². The molecule has 2 amide bonds. The minimum atomic E-state index is -0.961. The first-order valence-electron chi connectivity index (χ1n) is 14.8. The minimum Gasteiger partial charge on any atom is -0.463 e. The SMILES string of the molecule is CC(C)(C)OC(=O)NCCCCCC(=O)N[C@@H](Cc1ccccc1)C(=O)Oc1ccc2c(=O)c(-c3ccc(F)cc3)coc2c1. The van der Waals surface area contributed by atoms with Crippen LogP contribution in [0.5, 0.6) is 5.75 Å². The van der Waals surface area contributed by atoms with Crippen molar-refractivity contribution in [2.24, 2.45) is 0 Å². The molecule has 1 heterocycles. The zero-order chi connectivity index (χ0) is 32.4. The topological polar surface area (TPSA) is 124 Å². The van der Waals surface area contributed by atoms with E-state index in [0.717, 1.165) is 5.56 Å². The second-order valence-electron chi connectivity index (χ2n) is 11.6. The van der Waals surface area contributed by atoms with E-state index in [1.165, 1.54) is 48.7 Å². The zero-order valence-electron chi connectivity index (χ0n) is 25.6. The van der Waals surface area contributed by atoms with Crippen LogP contribution in [0.15, 0.2) is 88.3 Å². The maximum Gasteiger partial charge on any atom is 0.407 e. The van der Waals surface area contributed by atoms with Crippen LogP contribution in [-0.4, -0.2) is 36.2 Å². The predicted octanol–water partition coefficient (Wildman–Crippen LogP) is 6.32. The molecule has 0 saturated carbocycles. The van der Waals surface area contributed by atoms with Gasteiger partial charge in [0, 0.05) is 25.5 Å². The van der Waals surface area contributed by atoms with Crippen molar-refractivity contribution in [3.8, 4) is 16.9 Å². The van der Waals surface area contributed by atoms with Crippen LogP contribution in [0.3, 0.4) is 0 Å². The summed E-state index contributed by atoms with van der Waals surface area (Å²) >= 11 is 0. The number of alkyl carbamates (subject to hydrolysis) is 1. The van der Waals surface area contributed by atoms with Crippen molar-refractivity contribution >= 4 is 28.9 Å². The smallest absolute Gasteiger partial charge is 0.407 e. The summed E-state index contributed by atoms with van der Waals surface area (Å²) in [5, 5.41) is 5.76. The molecule has 0 aliphatic rings. The molecule has 0 unspecified atom stereocenters. The Kier molecular flexibility index (Phi) is 11.1. The van der Waals surface area contributed by atoms with Gasteiger partial charge in [-0.05, 0) is 69.0 Å². The summed E-state index contributed by atoms with van der Waals surface area (Å²) in [6, 6.07) is 18.2. The Morgan fingerprint density at radius 2 is 1.67 bits per heavy atom. The maximum atomic E-state index is 13.3. The number of hydrogen-bond acceptors (Lipinski definition) is 7. The van der Waals surface area contributed by atoms with Gasteiger partial charge in [-0.25, -0.2) is 14.0 Å². The van der Waals surface area contributed by atoms with E-state index in [1.54, 1.807) is 20.8 Å². The Hall–Kier alpha value is -4.99. The summed E-state index contributed by atoms with van der Waals surface area (Å²) in [7, 11) is 0. The van der Waals surface area contributed by atoms with Gasteiger partial charge >= 0.3 is 12.1 Å². The van der Waals surface area contributed by atoms with E-state index in [0.29, 0.717) is 31.4 Å². The molecule has 9 nitrogen and oxygen atoms in total. The van der Waals surface area contributed by atoms with Gasteiger partial charge in [-0.2, -0.15) is 0 Å². The van der Waals surface area contributed by atoms with Gasteiger partial charge in [-0.15, -0.1) is 0 Å². The molecule has 10 heteroatoms. The lowest BCUT2D eigenvalue weighted by molar-refractivity contribution is -0.139. The molecule has 1 aromatic heterocycles. The van der Waals surface area contributed by atoms with Crippen LogP contribution < -0.4 is 20.8 Å². The van der Waals surface area contributed by atoms with Crippen molar-refractivity contribution < 1.29 is 32.7 Å². The Bertz CT molecular complexity index is 1680. The quantitative estimate of drug-likeness (QED) is 0.109. The number of esters is 1. The molecule has 236 valence electrons. The molecule has 3 aromatic carbocycles. The van der Waals surface area contributed by atoms with E-state index < -0.39 is 29.5 Å². The van der Waals surface area contributed by atoms with Gasteiger partial charge in [-0.3, -0.25) is 9.59 Å². The highest BCUT2D eigenvalue weighted by molar-refractivity contribution is 5.87. The second kappa shape index (κ2) is 15.1. The summed E-state index contributed by atoms with van der Waals surface area (Å²) in [4.78, 5) is 50.9. The number of ether oxygens (including phenoxy) is 2. The number of benzene rings is 3. The maximum absolute atomic E-state index is 13.3. The summed E-state index contributed by atoms with van der Waals surface area (Å²) in [5.41, 5.74) is 0.957. The summed E-state index contributed by atoms with van der Waals surface area (Å²) in [5.74, 6) is -1.24. The number of carbonyl (C=O) groups excluding carboxylic acids is 3. The van der Waals surface area contributed by atoms with Crippen LogP contribution in [0.1, 0.15) is 52.0 Å². The van der Waals surface area contributed by atoms with E-state index in [4.69, 9.17) is 13.9 Å². The fourth-order valence-corrected chi connectivity index (χ4v) is 4.59. The highest BCUT2D eigenvalue weighted by Gasteiger charge is 2.24. The Balaban J connectivity index is 1.37. The van der Waals surface area contributed by atoms with E-state index in [-0.39, 0.29) is 46.5 Å². The third-order valence-corrected chi connectivity index (χ3v) is 6.77. The number of hydrogen-bond donors (Lipinski definition) is 2.